The number of nitrogens with one attached hydrogen (secondary N) is 2. The van der Waals surface area contributed by atoms with Crippen molar-refractivity contribution in [1.29, 1.82) is 0 Å². The number of anilines is 1. The van der Waals surface area contributed by atoms with E-state index in [9.17, 15) is 4.39 Å². The maximum Gasteiger partial charge on any atom is 0.191 e. The molecule has 2 N–H and O–H groups in total. The molecular formula is C19H26FN5O. The molecule has 0 fully saturated rings. The van der Waals surface area contributed by atoms with Crippen LogP contribution in [-0.4, -0.2) is 44.7 Å². The third-order valence-corrected chi connectivity index (χ3v) is 3.64. The molecule has 0 aliphatic heterocycles. The van der Waals surface area contributed by atoms with Gasteiger partial charge in [-0.25, -0.2) is 9.37 Å². The van der Waals surface area contributed by atoms with Gasteiger partial charge in [-0.1, -0.05) is 6.07 Å². The second kappa shape index (κ2) is 9.60. The van der Waals surface area contributed by atoms with Crippen molar-refractivity contribution in [1.82, 2.24) is 15.6 Å². The zero-order chi connectivity index (χ0) is 18.9. The summed E-state index contributed by atoms with van der Waals surface area (Å²) >= 11 is 0. The maximum absolute atomic E-state index is 13.2. The molecule has 0 aliphatic carbocycles. The SMILES string of the molecule is CN=C(NCc1ccnc(N(C)C)c1)NCC(C)Oc1cccc(F)c1. The topological polar surface area (TPSA) is 61.8 Å². The van der Waals surface area contributed by atoms with Crippen LogP contribution < -0.4 is 20.3 Å². The number of hydrogen-bond acceptors (Lipinski definition) is 4. The molecule has 1 aromatic heterocycles. The Balaban J connectivity index is 1.81. The van der Waals surface area contributed by atoms with Crippen LogP contribution in [0.2, 0.25) is 0 Å². The average molecular weight is 359 g/mol. The van der Waals surface area contributed by atoms with Gasteiger partial charge in [0.15, 0.2) is 5.96 Å². The Bertz CT molecular complexity index is 735. The molecular weight excluding hydrogens is 333 g/mol. The van der Waals surface area contributed by atoms with E-state index in [4.69, 9.17) is 4.74 Å². The lowest BCUT2D eigenvalue weighted by atomic mass is 10.2. The van der Waals surface area contributed by atoms with E-state index in [2.05, 4.69) is 20.6 Å². The molecule has 0 saturated carbocycles. The highest BCUT2D eigenvalue weighted by molar-refractivity contribution is 5.79. The molecule has 6 nitrogen and oxygen atoms in total. The molecule has 0 radical (unpaired) electrons. The summed E-state index contributed by atoms with van der Waals surface area (Å²) < 4.78 is 18.9. The van der Waals surface area contributed by atoms with Crippen molar-refractivity contribution in [3.05, 3.63) is 54.0 Å². The number of pyridine rings is 1. The van der Waals surface area contributed by atoms with Gasteiger partial charge in [-0.3, -0.25) is 4.99 Å². The predicted octanol–water partition coefficient (Wildman–Crippen LogP) is 2.42. The lowest BCUT2D eigenvalue weighted by Gasteiger charge is -2.18. The van der Waals surface area contributed by atoms with E-state index < -0.39 is 0 Å². The number of aromatic nitrogens is 1. The fourth-order valence-corrected chi connectivity index (χ4v) is 2.28. The van der Waals surface area contributed by atoms with Crippen molar-refractivity contribution in [2.45, 2.75) is 19.6 Å². The first kappa shape index (κ1) is 19.5. The molecule has 0 spiro atoms. The fraction of sp³-hybridized carbons (Fsp3) is 0.368. The summed E-state index contributed by atoms with van der Waals surface area (Å²) in [6.45, 7) is 3.08. The summed E-state index contributed by atoms with van der Waals surface area (Å²) in [6.07, 6.45) is 1.65. The van der Waals surface area contributed by atoms with Crippen LogP contribution in [0.15, 0.2) is 47.6 Å². The largest absolute Gasteiger partial charge is 0.489 e. The number of hydrogen-bond donors (Lipinski definition) is 2. The summed E-state index contributed by atoms with van der Waals surface area (Å²) in [5.41, 5.74) is 1.11. The molecule has 1 unspecified atom stereocenters. The van der Waals surface area contributed by atoms with Gasteiger partial charge in [0, 0.05) is 40.0 Å². The molecule has 0 amide bonds. The van der Waals surface area contributed by atoms with Gasteiger partial charge in [0.05, 0.1) is 6.54 Å². The highest BCUT2D eigenvalue weighted by Crippen LogP contribution is 2.13. The van der Waals surface area contributed by atoms with E-state index in [1.807, 2.05) is 38.1 Å². The quantitative estimate of drug-likeness (QED) is 0.587. The first-order chi connectivity index (χ1) is 12.5. The highest BCUT2D eigenvalue weighted by Gasteiger charge is 2.07. The summed E-state index contributed by atoms with van der Waals surface area (Å²) in [6, 6.07) is 10.1. The van der Waals surface area contributed by atoms with Crippen LogP contribution in [0.5, 0.6) is 5.75 Å². The molecule has 7 heteroatoms. The lowest BCUT2D eigenvalue weighted by molar-refractivity contribution is 0.223. The van der Waals surface area contributed by atoms with E-state index in [1.165, 1.54) is 12.1 Å². The normalized spacial score (nSPS) is 12.4. The van der Waals surface area contributed by atoms with Crippen LogP contribution in [0.25, 0.3) is 0 Å². The molecule has 2 rings (SSSR count). The molecule has 1 atom stereocenters. The minimum atomic E-state index is -0.311. The summed E-state index contributed by atoms with van der Waals surface area (Å²) in [5, 5.41) is 6.46. The number of aliphatic imine (C=N–C) groups is 1. The zero-order valence-corrected chi connectivity index (χ0v) is 15.7. The van der Waals surface area contributed by atoms with Gasteiger partial charge >= 0.3 is 0 Å². The van der Waals surface area contributed by atoms with Gasteiger partial charge in [0.2, 0.25) is 0 Å². The number of nitrogens with zero attached hydrogens (tertiary/aromatic N) is 3. The van der Waals surface area contributed by atoms with Gasteiger partial charge in [-0.15, -0.1) is 0 Å². The summed E-state index contributed by atoms with van der Waals surface area (Å²) in [4.78, 5) is 10.5. The Morgan fingerprint density at radius 2 is 2.08 bits per heavy atom. The van der Waals surface area contributed by atoms with Crippen LogP contribution in [0.3, 0.4) is 0 Å². The zero-order valence-electron chi connectivity index (χ0n) is 15.7. The molecule has 0 bridgehead atoms. The van der Waals surface area contributed by atoms with Gasteiger partial charge in [-0.2, -0.15) is 0 Å². The molecule has 26 heavy (non-hydrogen) atoms. The number of guanidine groups is 1. The summed E-state index contributed by atoms with van der Waals surface area (Å²) in [7, 11) is 5.63. The van der Waals surface area contributed by atoms with E-state index in [0.29, 0.717) is 24.8 Å². The van der Waals surface area contributed by atoms with E-state index in [-0.39, 0.29) is 11.9 Å². The standard InChI is InChI=1S/C19H26FN5O/c1-14(26-17-7-5-6-16(20)11-17)12-23-19(21-2)24-13-15-8-9-22-18(10-15)25(3)4/h5-11,14H,12-13H2,1-4H3,(H2,21,23,24). The fourth-order valence-electron chi connectivity index (χ4n) is 2.28. The Hall–Kier alpha value is -2.83. The number of halogens is 1. The lowest BCUT2D eigenvalue weighted by Crippen LogP contribution is -2.41. The minimum absolute atomic E-state index is 0.142. The number of rotatable bonds is 7. The number of ether oxygens (including phenoxy) is 1. The monoisotopic (exact) mass is 359 g/mol. The van der Waals surface area contributed by atoms with Crippen LogP contribution in [0, 0.1) is 5.82 Å². The molecule has 140 valence electrons. The first-order valence-corrected chi connectivity index (χ1v) is 8.47. The highest BCUT2D eigenvalue weighted by atomic mass is 19.1. The van der Waals surface area contributed by atoms with Crippen LogP contribution >= 0.6 is 0 Å². The van der Waals surface area contributed by atoms with Crippen molar-refractivity contribution in [3.63, 3.8) is 0 Å². The molecule has 1 aromatic carbocycles. The Morgan fingerprint density at radius 3 is 2.77 bits per heavy atom. The van der Waals surface area contributed by atoms with E-state index in [0.717, 1.165) is 11.4 Å². The number of benzene rings is 1. The van der Waals surface area contributed by atoms with E-state index in [1.54, 1.807) is 25.4 Å². The Labute approximate surface area is 154 Å². The van der Waals surface area contributed by atoms with Gasteiger partial charge in [0.1, 0.15) is 23.5 Å². The Kier molecular flexibility index (Phi) is 7.20. The van der Waals surface area contributed by atoms with Crippen LogP contribution in [-0.2, 0) is 6.54 Å². The third-order valence-electron chi connectivity index (χ3n) is 3.64. The van der Waals surface area contributed by atoms with E-state index >= 15 is 0 Å². The van der Waals surface area contributed by atoms with Crippen LogP contribution in [0.4, 0.5) is 10.2 Å². The third kappa shape index (κ3) is 6.23. The molecule has 0 aliphatic rings. The van der Waals surface area contributed by atoms with Crippen molar-refractivity contribution < 1.29 is 9.13 Å². The molecule has 2 aromatic rings. The van der Waals surface area contributed by atoms with Gasteiger partial charge < -0.3 is 20.3 Å². The van der Waals surface area contributed by atoms with Crippen LogP contribution in [0.1, 0.15) is 12.5 Å². The molecule has 1 heterocycles. The Morgan fingerprint density at radius 1 is 1.27 bits per heavy atom. The smallest absolute Gasteiger partial charge is 0.191 e. The first-order valence-electron chi connectivity index (χ1n) is 8.47. The summed E-state index contributed by atoms with van der Waals surface area (Å²) in [5.74, 6) is 1.78. The second-order valence-corrected chi connectivity index (χ2v) is 6.11. The molecule has 0 saturated heterocycles. The van der Waals surface area contributed by atoms with Crippen molar-refractivity contribution in [2.24, 2.45) is 4.99 Å². The van der Waals surface area contributed by atoms with Crippen molar-refractivity contribution in [2.75, 3.05) is 32.6 Å². The maximum atomic E-state index is 13.2. The van der Waals surface area contributed by atoms with Crippen molar-refractivity contribution >= 4 is 11.8 Å². The predicted molar refractivity (Wildman–Crippen MR) is 103 cm³/mol. The minimum Gasteiger partial charge on any atom is -0.489 e. The van der Waals surface area contributed by atoms with Crippen molar-refractivity contribution in [3.8, 4) is 5.75 Å². The second-order valence-electron chi connectivity index (χ2n) is 6.11. The average Bonchev–Trinajstić information content (AvgIpc) is 2.62. The van der Waals surface area contributed by atoms with Gasteiger partial charge in [0.25, 0.3) is 0 Å². The van der Waals surface area contributed by atoms with Gasteiger partial charge in [-0.05, 0) is 36.8 Å².